The maximum atomic E-state index is 5.58. The number of piperidine rings is 1. The Kier molecular flexibility index (Phi) is 5.30. The molecule has 1 aromatic carbocycles. The molecule has 2 fully saturated rings. The van der Waals surface area contributed by atoms with E-state index < -0.39 is 0 Å². The summed E-state index contributed by atoms with van der Waals surface area (Å²) in [6.45, 7) is 2.24. The summed E-state index contributed by atoms with van der Waals surface area (Å²) in [5.41, 5.74) is 4.90. The lowest BCUT2D eigenvalue weighted by atomic mass is 9.52. The number of nitrogens with zero attached hydrogens (tertiary/aromatic N) is 2. The number of pyridine rings is 1. The van der Waals surface area contributed by atoms with Gasteiger partial charge in [0.05, 0.1) is 7.11 Å². The van der Waals surface area contributed by atoms with E-state index in [2.05, 4.69) is 40.2 Å². The molecule has 0 spiro atoms. The zero-order valence-electron chi connectivity index (χ0n) is 16.1. The summed E-state index contributed by atoms with van der Waals surface area (Å²) in [5, 5.41) is 0. The molecule has 144 valence electrons. The number of hydrogen-bond acceptors (Lipinski definition) is 3. The van der Waals surface area contributed by atoms with E-state index in [9.17, 15) is 0 Å². The fourth-order valence-electron chi connectivity index (χ4n) is 6.11. The van der Waals surface area contributed by atoms with Crippen LogP contribution in [0.15, 0.2) is 42.7 Å². The van der Waals surface area contributed by atoms with Crippen molar-refractivity contribution in [3.8, 4) is 5.75 Å². The zero-order valence-corrected chi connectivity index (χ0v) is 17.8. The second kappa shape index (κ2) is 7.56. The van der Waals surface area contributed by atoms with Gasteiger partial charge in [-0.1, -0.05) is 25.0 Å². The van der Waals surface area contributed by atoms with Crippen molar-refractivity contribution in [2.75, 3.05) is 13.7 Å². The quantitative estimate of drug-likeness (QED) is 0.692. The first-order valence-electron chi connectivity index (χ1n) is 10.1. The van der Waals surface area contributed by atoms with E-state index in [4.69, 9.17) is 4.74 Å². The summed E-state index contributed by atoms with van der Waals surface area (Å²) >= 11 is 0. The van der Waals surface area contributed by atoms with Gasteiger partial charge in [-0.2, -0.15) is 0 Å². The topological polar surface area (TPSA) is 25.4 Å². The second-order valence-corrected chi connectivity index (χ2v) is 8.38. The molecular weight excluding hydrogens is 400 g/mol. The van der Waals surface area contributed by atoms with Crippen LogP contribution >= 0.6 is 17.0 Å². The van der Waals surface area contributed by atoms with Gasteiger partial charge < -0.3 is 4.74 Å². The lowest BCUT2D eigenvalue weighted by Crippen LogP contribution is -2.60. The Balaban J connectivity index is 0.00000180. The average Bonchev–Trinajstić information content (AvgIpc) is 2.70. The molecule has 2 aliphatic carbocycles. The van der Waals surface area contributed by atoms with Gasteiger partial charge in [-0.3, -0.25) is 9.88 Å². The highest BCUT2D eigenvalue weighted by atomic mass is 79.9. The van der Waals surface area contributed by atoms with E-state index in [0.29, 0.717) is 11.5 Å². The van der Waals surface area contributed by atoms with Crippen LogP contribution in [-0.2, 0) is 18.4 Å². The lowest BCUT2D eigenvalue weighted by molar-refractivity contribution is -0.0157. The van der Waals surface area contributed by atoms with E-state index in [1.807, 2.05) is 12.4 Å². The van der Waals surface area contributed by atoms with Crippen molar-refractivity contribution in [1.82, 2.24) is 9.88 Å². The smallest absolute Gasteiger partial charge is 0.119 e. The maximum absolute atomic E-state index is 5.58. The molecular formula is C23H29BrN2O. The molecule has 0 radical (unpaired) electrons. The highest BCUT2D eigenvalue weighted by Crippen LogP contribution is 2.56. The molecule has 1 saturated heterocycles. The number of halogens is 1. The number of methoxy groups -OCH3 is 1. The van der Waals surface area contributed by atoms with Gasteiger partial charge in [0.15, 0.2) is 0 Å². The summed E-state index contributed by atoms with van der Waals surface area (Å²) in [7, 11) is 1.79. The van der Waals surface area contributed by atoms with Gasteiger partial charge in [-0.05, 0) is 73.0 Å². The molecule has 1 aromatic heterocycles. The van der Waals surface area contributed by atoms with Crippen LogP contribution in [0.25, 0.3) is 0 Å². The first-order chi connectivity index (χ1) is 12.8. The van der Waals surface area contributed by atoms with Crippen LogP contribution < -0.4 is 4.74 Å². The van der Waals surface area contributed by atoms with Gasteiger partial charge >= 0.3 is 0 Å². The summed E-state index contributed by atoms with van der Waals surface area (Å²) in [5.74, 6) is 1.82. The van der Waals surface area contributed by atoms with Crippen LogP contribution in [0.4, 0.5) is 0 Å². The van der Waals surface area contributed by atoms with Crippen LogP contribution in [0.2, 0.25) is 0 Å². The number of benzene rings is 1. The van der Waals surface area contributed by atoms with Gasteiger partial charge in [0, 0.05) is 30.4 Å². The summed E-state index contributed by atoms with van der Waals surface area (Å²) < 4.78 is 5.58. The summed E-state index contributed by atoms with van der Waals surface area (Å²) in [6, 6.07) is 11.8. The van der Waals surface area contributed by atoms with E-state index >= 15 is 0 Å². The van der Waals surface area contributed by atoms with Gasteiger partial charge in [0.2, 0.25) is 0 Å². The average molecular weight is 429 g/mol. The number of likely N-dealkylation sites (tertiary alicyclic amines) is 1. The molecule has 2 aromatic rings. The SMILES string of the molecule is Br.COc1ccc2c(c1)[C@]13CCCC[C@H]1[C@H](C2)N(Cc1cccnc1)CC3. The third-order valence-electron chi connectivity index (χ3n) is 7.27. The van der Waals surface area contributed by atoms with Gasteiger partial charge in [0.25, 0.3) is 0 Å². The number of aromatic nitrogens is 1. The third-order valence-corrected chi connectivity index (χ3v) is 7.27. The van der Waals surface area contributed by atoms with Crippen molar-refractivity contribution in [3.05, 3.63) is 59.4 Å². The van der Waals surface area contributed by atoms with Crippen molar-refractivity contribution in [3.63, 3.8) is 0 Å². The van der Waals surface area contributed by atoms with E-state index in [1.165, 1.54) is 50.6 Å². The highest BCUT2D eigenvalue weighted by molar-refractivity contribution is 8.93. The van der Waals surface area contributed by atoms with Crippen LogP contribution in [0.5, 0.6) is 5.75 Å². The Hall–Kier alpha value is -1.39. The number of fused-ring (bicyclic) bond motifs is 1. The molecule has 4 heteroatoms. The highest BCUT2D eigenvalue weighted by Gasteiger charge is 2.53. The lowest BCUT2D eigenvalue weighted by Gasteiger charge is -2.59. The Bertz CT molecular complexity index is 796. The third kappa shape index (κ3) is 3.11. The molecule has 3 atom stereocenters. The fourth-order valence-corrected chi connectivity index (χ4v) is 6.11. The van der Waals surface area contributed by atoms with Gasteiger partial charge in [0.1, 0.15) is 5.75 Å². The predicted octanol–water partition coefficient (Wildman–Crippen LogP) is 4.93. The maximum Gasteiger partial charge on any atom is 0.119 e. The van der Waals surface area contributed by atoms with E-state index in [-0.39, 0.29) is 17.0 Å². The Morgan fingerprint density at radius 2 is 2.15 bits per heavy atom. The molecule has 0 N–H and O–H groups in total. The van der Waals surface area contributed by atoms with Crippen molar-refractivity contribution < 1.29 is 4.74 Å². The Morgan fingerprint density at radius 3 is 2.96 bits per heavy atom. The van der Waals surface area contributed by atoms with Crippen LogP contribution in [0.3, 0.4) is 0 Å². The van der Waals surface area contributed by atoms with Crippen LogP contribution in [0, 0.1) is 5.92 Å². The van der Waals surface area contributed by atoms with Crippen LogP contribution in [-0.4, -0.2) is 29.6 Å². The van der Waals surface area contributed by atoms with Crippen molar-refractivity contribution in [2.45, 2.75) is 56.5 Å². The molecule has 3 aliphatic rings. The Morgan fingerprint density at radius 1 is 1.22 bits per heavy atom. The minimum atomic E-state index is 0. The second-order valence-electron chi connectivity index (χ2n) is 8.38. The number of ether oxygens (including phenoxy) is 1. The summed E-state index contributed by atoms with van der Waals surface area (Å²) in [6.07, 6.45) is 11.9. The monoisotopic (exact) mass is 428 g/mol. The molecule has 5 rings (SSSR count). The normalized spacial score (nSPS) is 29.2. The van der Waals surface area contributed by atoms with Crippen molar-refractivity contribution in [2.24, 2.45) is 5.92 Å². The van der Waals surface area contributed by atoms with E-state index in [1.54, 1.807) is 18.2 Å². The molecule has 2 heterocycles. The molecule has 1 saturated carbocycles. The number of hydrogen-bond donors (Lipinski definition) is 0. The largest absolute Gasteiger partial charge is 0.497 e. The number of rotatable bonds is 3. The van der Waals surface area contributed by atoms with Gasteiger partial charge in [-0.15, -0.1) is 17.0 Å². The molecule has 3 nitrogen and oxygen atoms in total. The Labute approximate surface area is 172 Å². The zero-order chi connectivity index (χ0) is 17.6. The first kappa shape index (κ1) is 18.9. The van der Waals surface area contributed by atoms with Gasteiger partial charge in [-0.25, -0.2) is 0 Å². The summed E-state index contributed by atoms with van der Waals surface area (Å²) in [4.78, 5) is 7.07. The molecule has 1 aliphatic heterocycles. The molecule has 0 amide bonds. The molecule has 2 bridgehead atoms. The first-order valence-corrected chi connectivity index (χ1v) is 10.1. The molecule has 27 heavy (non-hydrogen) atoms. The standard InChI is InChI=1S/C23H28N2O.BrH/c1-26-19-8-7-18-13-22-20-6-2-3-9-23(20,21(18)14-19)10-12-25(22)16-17-5-4-11-24-15-17;/h4-5,7-8,11,14-15,20,22H,2-3,6,9-10,12-13,16H2,1H3;1H/t20-,22-,23-;/m0./s1. The molecule has 0 unspecified atom stereocenters. The van der Waals surface area contributed by atoms with E-state index in [0.717, 1.165) is 18.2 Å². The fraction of sp³-hybridized carbons (Fsp3) is 0.522. The minimum Gasteiger partial charge on any atom is -0.497 e. The minimum absolute atomic E-state index is 0. The van der Waals surface area contributed by atoms with Crippen molar-refractivity contribution in [1.29, 1.82) is 0 Å². The predicted molar refractivity (Wildman–Crippen MR) is 114 cm³/mol. The van der Waals surface area contributed by atoms with Crippen molar-refractivity contribution >= 4 is 17.0 Å². The van der Waals surface area contributed by atoms with Crippen LogP contribution in [0.1, 0.15) is 48.8 Å².